The van der Waals surface area contributed by atoms with Crippen LogP contribution in [-0.2, 0) is 31.0 Å². The molecular formula is C2H10AlCl4NOZr. The Labute approximate surface area is 113 Å². The maximum atomic E-state index is 9.45. The number of carbonyl (C=O) groups is 1. The minimum absolute atomic E-state index is 0. The average molecular weight is 324 g/mol. The summed E-state index contributed by atoms with van der Waals surface area (Å²) < 4.78 is 0. The third-order valence-electron chi connectivity index (χ3n) is 0.160. The van der Waals surface area contributed by atoms with Crippen LogP contribution in [0.2, 0.25) is 0 Å². The molecule has 0 bridgehead atoms. The minimum atomic E-state index is -0.495. The van der Waals surface area contributed by atoms with Gasteiger partial charge in [-0.1, -0.05) is 0 Å². The molecule has 0 atom stereocenters. The monoisotopic (exact) mass is 321 g/mol. The van der Waals surface area contributed by atoms with Gasteiger partial charge in [0, 0.05) is 26.2 Å². The van der Waals surface area contributed by atoms with E-state index in [0.29, 0.717) is 0 Å². The molecule has 2 nitrogen and oxygen atoms in total. The number of rotatable bonds is 1. The summed E-state index contributed by atoms with van der Waals surface area (Å²) in [4.78, 5) is 9.45. The van der Waals surface area contributed by atoms with Gasteiger partial charge in [0.05, 0.1) is 6.54 Å². The summed E-state index contributed by atoms with van der Waals surface area (Å²) in [5.41, 5.74) is 4.69. The van der Waals surface area contributed by atoms with E-state index >= 15 is 0 Å². The van der Waals surface area contributed by atoms with Crippen LogP contribution in [0.3, 0.4) is 0 Å². The quantitative estimate of drug-likeness (QED) is 0.536. The molecule has 0 heterocycles. The molecule has 0 unspecified atom stereocenters. The molecule has 0 aromatic heterocycles. The Bertz CT molecular complexity index is 58.5. The van der Waals surface area contributed by atoms with Crippen molar-refractivity contribution in [2.75, 3.05) is 6.54 Å². The normalized spacial score (nSPS) is 3.80. The van der Waals surface area contributed by atoms with Gasteiger partial charge in [-0.3, -0.25) is 4.79 Å². The Morgan fingerprint density at radius 1 is 1.30 bits per heavy atom. The summed E-state index contributed by atoms with van der Waals surface area (Å²) in [5, 5.41) is -0.495. The molecule has 64 valence electrons. The van der Waals surface area contributed by atoms with Crippen LogP contribution in [0.15, 0.2) is 0 Å². The van der Waals surface area contributed by atoms with Crippen molar-refractivity contribution < 1.29 is 31.0 Å². The van der Waals surface area contributed by atoms with E-state index in [9.17, 15) is 4.79 Å². The molecule has 0 spiro atoms. The van der Waals surface area contributed by atoms with Crippen molar-refractivity contribution >= 4 is 71.4 Å². The largest absolute Gasteiger partial charge is 0.323 e. The summed E-state index contributed by atoms with van der Waals surface area (Å²) >= 11 is 4.70. The van der Waals surface area contributed by atoms with E-state index in [1.165, 1.54) is 0 Å². The molecule has 0 aromatic rings. The summed E-state index contributed by atoms with van der Waals surface area (Å²) in [5.74, 6) is 0. The predicted molar refractivity (Wildman–Crippen MR) is 51.6 cm³/mol. The molecule has 0 aromatic carbocycles. The van der Waals surface area contributed by atoms with Crippen molar-refractivity contribution in [3.8, 4) is 0 Å². The van der Waals surface area contributed by atoms with Gasteiger partial charge in [-0.05, 0) is 11.6 Å². The van der Waals surface area contributed by atoms with E-state index in [4.69, 9.17) is 11.6 Å². The maximum absolute atomic E-state index is 9.45. The van der Waals surface area contributed by atoms with Gasteiger partial charge < -0.3 is 5.73 Å². The van der Waals surface area contributed by atoms with Crippen molar-refractivity contribution in [1.29, 1.82) is 0 Å². The minimum Gasteiger partial charge on any atom is -0.323 e. The third kappa shape index (κ3) is 48.9. The van der Waals surface area contributed by atoms with Gasteiger partial charge >= 0.3 is 0 Å². The molecular weight excluding hydrogens is 314 g/mol. The first-order valence-electron chi connectivity index (χ1n) is 1.15. The number of nitrogens with two attached hydrogens (primary N) is 1. The molecule has 0 aliphatic carbocycles. The van der Waals surface area contributed by atoms with Gasteiger partial charge in [0.15, 0.2) is 17.4 Å². The Kier molecular flexibility index (Phi) is 121. The van der Waals surface area contributed by atoms with Crippen LogP contribution in [0.1, 0.15) is 0 Å². The van der Waals surface area contributed by atoms with E-state index in [1.807, 2.05) is 0 Å². The molecule has 0 aliphatic rings. The Morgan fingerprint density at radius 3 is 1.40 bits per heavy atom. The second kappa shape index (κ2) is 30.3. The van der Waals surface area contributed by atoms with Gasteiger partial charge in [0.25, 0.3) is 0 Å². The average Bonchev–Trinajstić information content (AvgIpc) is 1.38. The Morgan fingerprint density at radius 2 is 1.40 bits per heavy atom. The standard InChI is InChI=1S/C2H4ClNO.Al.3ClH.Zr.3H/c3-2(5)1-4;;;;;;;;/h1,4H2;;3*1H;;;;. The molecule has 0 rings (SSSR count). The van der Waals surface area contributed by atoms with Crippen LogP contribution >= 0.6 is 48.8 Å². The van der Waals surface area contributed by atoms with Gasteiger partial charge in [0.2, 0.25) is 5.24 Å². The summed E-state index contributed by atoms with van der Waals surface area (Å²) in [6, 6.07) is 0. The van der Waals surface area contributed by atoms with Gasteiger partial charge in [-0.25, -0.2) is 0 Å². The first-order chi connectivity index (χ1) is 2.27. The van der Waals surface area contributed by atoms with Crippen LogP contribution < -0.4 is 5.73 Å². The molecule has 0 fully saturated rings. The molecule has 0 amide bonds. The van der Waals surface area contributed by atoms with Gasteiger partial charge in [0.1, 0.15) is 0 Å². The van der Waals surface area contributed by atoms with E-state index < -0.39 is 5.24 Å². The summed E-state index contributed by atoms with van der Waals surface area (Å²) in [6.45, 7) is -0.0679. The number of hydrogen-bond acceptors (Lipinski definition) is 2. The molecule has 10 heavy (non-hydrogen) atoms. The van der Waals surface area contributed by atoms with Crippen LogP contribution in [0.5, 0.6) is 0 Å². The van der Waals surface area contributed by atoms with E-state index in [2.05, 4.69) is 5.73 Å². The SMILES string of the molecule is Cl.Cl.Cl.NCC(=O)Cl.[AlH3].[Zr]. The van der Waals surface area contributed by atoms with E-state index in [-0.39, 0.29) is 87.3 Å². The zero-order chi connectivity index (χ0) is 4.28. The number of halogens is 4. The van der Waals surface area contributed by atoms with Crippen LogP contribution in [0.4, 0.5) is 0 Å². The molecule has 2 N–H and O–H groups in total. The predicted octanol–water partition coefficient (Wildman–Crippen LogP) is -0.210. The number of hydrogen-bond donors (Lipinski definition) is 1. The topological polar surface area (TPSA) is 43.1 Å². The molecule has 0 saturated heterocycles. The molecule has 0 radical (unpaired) electrons. The van der Waals surface area contributed by atoms with Gasteiger partial charge in [-0.2, -0.15) is 0 Å². The van der Waals surface area contributed by atoms with Gasteiger partial charge in [-0.15, -0.1) is 37.2 Å². The zero-order valence-corrected chi connectivity index (χ0v) is 9.96. The Hall–Kier alpha value is 2.21. The van der Waals surface area contributed by atoms with Crippen LogP contribution in [-0.4, -0.2) is 29.1 Å². The fourth-order valence-corrected chi connectivity index (χ4v) is 0. The summed E-state index contributed by atoms with van der Waals surface area (Å²) in [6.07, 6.45) is 0. The molecule has 0 aliphatic heterocycles. The maximum Gasteiger partial charge on any atom is 0.235 e. The molecule has 0 saturated carbocycles. The van der Waals surface area contributed by atoms with E-state index in [1.54, 1.807) is 0 Å². The molecule has 8 heteroatoms. The van der Waals surface area contributed by atoms with Crippen molar-refractivity contribution in [2.24, 2.45) is 5.73 Å². The summed E-state index contributed by atoms with van der Waals surface area (Å²) in [7, 11) is 0. The zero-order valence-electron chi connectivity index (χ0n) is 4.30. The second-order valence-corrected chi connectivity index (χ2v) is 0.981. The fourth-order valence-electron chi connectivity index (χ4n) is 0. The van der Waals surface area contributed by atoms with Crippen molar-refractivity contribution in [1.82, 2.24) is 0 Å². The van der Waals surface area contributed by atoms with Crippen LogP contribution in [0, 0.1) is 0 Å². The first-order valence-corrected chi connectivity index (χ1v) is 1.53. The van der Waals surface area contributed by atoms with Crippen LogP contribution in [0.25, 0.3) is 0 Å². The van der Waals surface area contributed by atoms with Crippen molar-refractivity contribution in [3.63, 3.8) is 0 Å². The fraction of sp³-hybridized carbons (Fsp3) is 0.500. The van der Waals surface area contributed by atoms with E-state index in [0.717, 1.165) is 0 Å². The van der Waals surface area contributed by atoms with Crippen molar-refractivity contribution in [2.45, 2.75) is 0 Å². The smallest absolute Gasteiger partial charge is 0.235 e. The number of carbonyl (C=O) groups excluding carboxylic acids is 1. The first kappa shape index (κ1) is 39.8. The third-order valence-corrected chi connectivity index (χ3v) is 0.315. The second-order valence-electron chi connectivity index (χ2n) is 0.559. The van der Waals surface area contributed by atoms with Crippen molar-refractivity contribution in [3.05, 3.63) is 0 Å². The Balaban J connectivity index is -0.00000000800.